The van der Waals surface area contributed by atoms with Gasteiger partial charge in [-0.3, -0.25) is 0 Å². The highest BCUT2D eigenvalue weighted by Gasteiger charge is 2.25. The normalized spacial score (nSPS) is 23.8. The zero-order chi connectivity index (χ0) is 20.8. The summed E-state index contributed by atoms with van der Waals surface area (Å²) in [5.41, 5.74) is 8.58. The van der Waals surface area contributed by atoms with Crippen LogP contribution in [-0.2, 0) is 0 Å². The van der Waals surface area contributed by atoms with Crippen LogP contribution in [0.25, 0.3) is 0 Å². The maximum Gasteiger partial charge on any atom is 0.000917 e. The molecule has 0 aromatic heterocycles. The van der Waals surface area contributed by atoms with Crippen LogP contribution >= 0.6 is 0 Å². The fourth-order valence-corrected chi connectivity index (χ4v) is 5.19. The maximum atomic E-state index is 4.08. The molecular formula is C27H43N. The molecule has 0 amide bonds. The molecule has 1 saturated carbocycles. The van der Waals surface area contributed by atoms with Crippen LogP contribution in [0.4, 0.5) is 0 Å². The molecule has 2 aliphatic carbocycles. The highest BCUT2D eigenvalue weighted by molar-refractivity contribution is 5.52. The number of hydrogen-bond donors (Lipinski definition) is 0. The zero-order valence-electron chi connectivity index (χ0n) is 19.6. The van der Waals surface area contributed by atoms with Crippen molar-refractivity contribution in [3.63, 3.8) is 0 Å². The molecule has 2 rings (SSSR count). The molecule has 2 aliphatic rings. The van der Waals surface area contributed by atoms with E-state index in [1.807, 2.05) is 6.08 Å². The molecule has 0 radical (unpaired) electrons. The Balaban J connectivity index is 2.15. The average Bonchev–Trinajstić information content (AvgIpc) is 3.17. The molecule has 1 fully saturated rings. The number of hydrogen-bond acceptors (Lipinski definition) is 1. The third kappa shape index (κ3) is 5.83. The van der Waals surface area contributed by atoms with E-state index in [1.54, 1.807) is 0 Å². The quantitative estimate of drug-likeness (QED) is 0.374. The number of allylic oxidation sites excluding steroid dienone is 9. The lowest BCUT2D eigenvalue weighted by Crippen LogP contribution is -2.26. The van der Waals surface area contributed by atoms with Crippen LogP contribution in [0.15, 0.2) is 58.2 Å². The molecule has 28 heavy (non-hydrogen) atoms. The van der Waals surface area contributed by atoms with Gasteiger partial charge in [0.2, 0.25) is 0 Å². The Labute approximate surface area is 175 Å². The lowest BCUT2D eigenvalue weighted by molar-refractivity contribution is 0.249. The number of rotatable bonds is 9. The average molecular weight is 382 g/mol. The summed E-state index contributed by atoms with van der Waals surface area (Å²) in [5, 5.41) is 0. The van der Waals surface area contributed by atoms with Gasteiger partial charge in [0.15, 0.2) is 0 Å². The van der Waals surface area contributed by atoms with E-state index in [0.29, 0.717) is 5.92 Å². The molecule has 0 aliphatic heterocycles. The van der Waals surface area contributed by atoms with Crippen molar-refractivity contribution in [2.24, 2.45) is 17.8 Å². The molecule has 0 saturated heterocycles. The molecule has 0 bridgehead atoms. The lowest BCUT2D eigenvalue weighted by atomic mass is 9.75. The first kappa shape index (κ1) is 22.9. The second-order valence-corrected chi connectivity index (χ2v) is 9.60. The van der Waals surface area contributed by atoms with Gasteiger partial charge in [-0.05, 0) is 94.7 Å². The molecule has 2 unspecified atom stereocenters. The summed E-state index contributed by atoms with van der Waals surface area (Å²) in [7, 11) is 4.43. The summed E-state index contributed by atoms with van der Waals surface area (Å²) in [6, 6.07) is 0. The Kier molecular flexibility index (Phi) is 8.56. The van der Waals surface area contributed by atoms with Gasteiger partial charge in [0.1, 0.15) is 0 Å². The van der Waals surface area contributed by atoms with Gasteiger partial charge < -0.3 is 4.90 Å². The molecule has 0 heterocycles. The SMILES string of the molecule is C=C\C(=C/C(C)=C(C)/C(C)=C\CC(CN(C)C)C1CCCC1)C1=C(C)CC1C. The van der Waals surface area contributed by atoms with Gasteiger partial charge in [-0.1, -0.05) is 68.6 Å². The Morgan fingerprint density at radius 3 is 2.32 bits per heavy atom. The fraction of sp³-hybridized carbons (Fsp3) is 0.630. The van der Waals surface area contributed by atoms with E-state index in [1.165, 1.54) is 78.5 Å². The van der Waals surface area contributed by atoms with E-state index in [2.05, 4.69) is 72.3 Å². The summed E-state index contributed by atoms with van der Waals surface area (Å²) in [4.78, 5) is 2.37. The Morgan fingerprint density at radius 2 is 1.82 bits per heavy atom. The molecule has 156 valence electrons. The van der Waals surface area contributed by atoms with Crippen molar-refractivity contribution in [2.45, 2.75) is 73.1 Å². The summed E-state index contributed by atoms with van der Waals surface area (Å²) < 4.78 is 0. The van der Waals surface area contributed by atoms with Gasteiger partial charge in [0.25, 0.3) is 0 Å². The topological polar surface area (TPSA) is 3.24 Å². The molecule has 0 aromatic carbocycles. The monoisotopic (exact) mass is 381 g/mol. The van der Waals surface area contributed by atoms with Gasteiger partial charge in [0, 0.05) is 6.54 Å². The lowest BCUT2D eigenvalue weighted by Gasteiger charge is -2.30. The van der Waals surface area contributed by atoms with Crippen molar-refractivity contribution in [1.82, 2.24) is 4.90 Å². The van der Waals surface area contributed by atoms with Gasteiger partial charge in [-0.25, -0.2) is 0 Å². The van der Waals surface area contributed by atoms with Gasteiger partial charge in [0.05, 0.1) is 0 Å². The summed E-state index contributed by atoms with van der Waals surface area (Å²) in [5.74, 6) is 2.38. The van der Waals surface area contributed by atoms with Crippen LogP contribution in [0.2, 0.25) is 0 Å². The van der Waals surface area contributed by atoms with Crippen molar-refractivity contribution in [3.05, 3.63) is 58.2 Å². The van der Waals surface area contributed by atoms with Crippen molar-refractivity contribution < 1.29 is 0 Å². The minimum absolute atomic E-state index is 0.673. The van der Waals surface area contributed by atoms with Crippen LogP contribution < -0.4 is 0 Å². The molecule has 0 spiro atoms. The van der Waals surface area contributed by atoms with E-state index in [9.17, 15) is 0 Å². The van der Waals surface area contributed by atoms with Crippen LogP contribution in [0, 0.1) is 17.8 Å². The summed E-state index contributed by atoms with van der Waals surface area (Å²) >= 11 is 0. The van der Waals surface area contributed by atoms with Gasteiger partial charge in [-0.2, -0.15) is 0 Å². The van der Waals surface area contributed by atoms with Crippen molar-refractivity contribution in [2.75, 3.05) is 20.6 Å². The van der Waals surface area contributed by atoms with E-state index >= 15 is 0 Å². The molecule has 0 N–H and O–H groups in total. The summed E-state index contributed by atoms with van der Waals surface area (Å²) in [6.45, 7) is 16.7. The van der Waals surface area contributed by atoms with E-state index in [0.717, 1.165) is 11.8 Å². The zero-order valence-corrected chi connectivity index (χ0v) is 19.6. The fourth-order valence-electron chi connectivity index (χ4n) is 5.19. The first-order valence-corrected chi connectivity index (χ1v) is 11.3. The Hall–Kier alpha value is -1.34. The predicted octanol–water partition coefficient (Wildman–Crippen LogP) is 7.50. The van der Waals surface area contributed by atoms with Gasteiger partial charge >= 0.3 is 0 Å². The van der Waals surface area contributed by atoms with Crippen LogP contribution in [-0.4, -0.2) is 25.5 Å². The first-order valence-electron chi connectivity index (χ1n) is 11.3. The van der Waals surface area contributed by atoms with E-state index in [-0.39, 0.29) is 0 Å². The second-order valence-electron chi connectivity index (χ2n) is 9.60. The maximum absolute atomic E-state index is 4.08. The van der Waals surface area contributed by atoms with Crippen LogP contribution in [0.5, 0.6) is 0 Å². The highest BCUT2D eigenvalue weighted by atomic mass is 15.1. The first-order chi connectivity index (χ1) is 13.2. The van der Waals surface area contributed by atoms with Crippen LogP contribution in [0.3, 0.4) is 0 Å². The minimum Gasteiger partial charge on any atom is -0.309 e. The summed E-state index contributed by atoms with van der Waals surface area (Å²) in [6.07, 6.45) is 15.0. The number of nitrogens with zero attached hydrogens (tertiary/aromatic N) is 1. The molecule has 0 aromatic rings. The minimum atomic E-state index is 0.673. The Bertz CT molecular complexity index is 677. The smallest absolute Gasteiger partial charge is 0.000917 e. The highest BCUT2D eigenvalue weighted by Crippen LogP contribution is 2.40. The van der Waals surface area contributed by atoms with E-state index < -0.39 is 0 Å². The van der Waals surface area contributed by atoms with E-state index in [4.69, 9.17) is 0 Å². The van der Waals surface area contributed by atoms with Crippen molar-refractivity contribution in [1.29, 1.82) is 0 Å². The third-order valence-corrected chi connectivity index (χ3v) is 7.04. The third-order valence-electron chi connectivity index (χ3n) is 7.04. The molecule has 2 atom stereocenters. The second kappa shape index (κ2) is 10.4. The molecule has 1 nitrogen and oxygen atoms in total. The van der Waals surface area contributed by atoms with Crippen LogP contribution in [0.1, 0.15) is 73.1 Å². The molecular weight excluding hydrogens is 338 g/mol. The van der Waals surface area contributed by atoms with Crippen molar-refractivity contribution in [3.8, 4) is 0 Å². The van der Waals surface area contributed by atoms with Gasteiger partial charge in [-0.15, -0.1) is 0 Å². The largest absolute Gasteiger partial charge is 0.309 e. The Morgan fingerprint density at radius 1 is 1.18 bits per heavy atom. The van der Waals surface area contributed by atoms with Crippen molar-refractivity contribution >= 4 is 0 Å². The molecule has 1 heteroatoms. The standard InChI is InChI=1S/C27H43N/c1-9-24(27-21(4)16-22(27)5)17-20(3)23(6)19(2)14-15-26(18-28(7)8)25-12-10-11-13-25/h9,14,17,21,25-26H,1,10-13,15-16,18H2,2-8H3/b19-14-,23-20+,24-17+. The predicted molar refractivity (Wildman–Crippen MR) is 126 cm³/mol.